The number of para-hydroxylation sites is 1. The van der Waals surface area contributed by atoms with Crippen molar-refractivity contribution in [2.75, 3.05) is 11.9 Å². The fraction of sp³-hybridized carbons (Fsp3) is 0.333. The van der Waals surface area contributed by atoms with Gasteiger partial charge in [0.05, 0.1) is 18.7 Å². The molecule has 0 saturated heterocycles. The van der Waals surface area contributed by atoms with Crippen molar-refractivity contribution in [2.24, 2.45) is 0 Å². The van der Waals surface area contributed by atoms with Crippen LogP contribution >= 0.6 is 11.3 Å². The van der Waals surface area contributed by atoms with Gasteiger partial charge in [-0.2, -0.15) is 0 Å². The van der Waals surface area contributed by atoms with Gasteiger partial charge in [0.15, 0.2) is 5.13 Å². The number of ether oxygens (including phenoxy) is 1. The van der Waals surface area contributed by atoms with Gasteiger partial charge >= 0.3 is 5.97 Å². The predicted octanol–water partition coefficient (Wildman–Crippen LogP) is 3.55. The summed E-state index contributed by atoms with van der Waals surface area (Å²) in [6.07, 6.45) is 1.19. The van der Waals surface area contributed by atoms with E-state index in [9.17, 15) is 4.79 Å². The van der Waals surface area contributed by atoms with Gasteiger partial charge in [-0.25, -0.2) is 4.98 Å². The van der Waals surface area contributed by atoms with Crippen LogP contribution in [-0.4, -0.2) is 17.6 Å². The summed E-state index contributed by atoms with van der Waals surface area (Å²) in [6, 6.07) is 8.15. The molecule has 2 rings (SSSR count). The molecule has 0 atom stereocenters. The van der Waals surface area contributed by atoms with Crippen molar-refractivity contribution >= 4 is 28.1 Å². The van der Waals surface area contributed by atoms with E-state index in [-0.39, 0.29) is 12.4 Å². The lowest BCUT2D eigenvalue weighted by molar-refractivity contribution is -0.142. The average Bonchev–Trinajstić information content (AvgIpc) is 2.87. The van der Waals surface area contributed by atoms with E-state index in [0.29, 0.717) is 6.61 Å². The Labute approximate surface area is 122 Å². The quantitative estimate of drug-likeness (QED) is 0.827. The van der Waals surface area contributed by atoms with Crippen molar-refractivity contribution in [1.82, 2.24) is 4.98 Å². The van der Waals surface area contributed by atoms with Crippen LogP contribution in [0.4, 0.5) is 10.8 Å². The number of aromatic nitrogens is 1. The highest BCUT2D eigenvalue weighted by atomic mass is 32.1. The van der Waals surface area contributed by atoms with Crippen molar-refractivity contribution in [3.8, 4) is 0 Å². The number of nitrogens with zero attached hydrogens (tertiary/aromatic N) is 1. The molecule has 20 heavy (non-hydrogen) atoms. The van der Waals surface area contributed by atoms with Crippen molar-refractivity contribution in [3.05, 3.63) is 40.9 Å². The highest BCUT2D eigenvalue weighted by Gasteiger charge is 2.09. The molecule has 2 aromatic rings. The largest absolute Gasteiger partial charge is 0.466 e. The van der Waals surface area contributed by atoms with E-state index in [1.54, 1.807) is 6.92 Å². The number of benzene rings is 1. The lowest BCUT2D eigenvalue weighted by atomic mass is 10.1. The van der Waals surface area contributed by atoms with Crippen LogP contribution in [0.2, 0.25) is 0 Å². The Balaban J connectivity index is 2.04. The van der Waals surface area contributed by atoms with Gasteiger partial charge in [0.1, 0.15) is 0 Å². The van der Waals surface area contributed by atoms with Crippen LogP contribution in [0.1, 0.15) is 25.1 Å². The van der Waals surface area contributed by atoms with E-state index in [2.05, 4.69) is 23.3 Å². The third-order valence-corrected chi connectivity index (χ3v) is 3.63. The van der Waals surface area contributed by atoms with Gasteiger partial charge in [-0.3, -0.25) is 4.79 Å². The molecule has 0 bridgehead atoms. The third kappa shape index (κ3) is 3.81. The van der Waals surface area contributed by atoms with Crippen molar-refractivity contribution in [3.63, 3.8) is 0 Å². The molecule has 106 valence electrons. The molecule has 0 aliphatic heterocycles. The molecule has 5 heteroatoms. The molecule has 1 N–H and O–H groups in total. The second-order valence-electron chi connectivity index (χ2n) is 4.26. The number of carbonyl (C=O) groups is 1. The zero-order chi connectivity index (χ0) is 14.4. The summed E-state index contributed by atoms with van der Waals surface area (Å²) < 4.78 is 4.92. The van der Waals surface area contributed by atoms with Gasteiger partial charge in [-0.15, -0.1) is 11.3 Å². The SMILES string of the molecule is CCOC(=O)Cc1csc(Nc2ccccc2CC)n1. The lowest BCUT2D eigenvalue weighted by Crippen LogP contribution is -2.07. The topological polar surface area (TPSA) is 51.2 Å². The van der Waals surface area contributed by atoms with Gasteiger partial charge in [-0.05, 0) is 25.0 Å². The number of rotatable bonds is 6. The Kier molecular flexibility index (Phi) is 5.12. The summed E-state index contributed by atoms with van der Waals surface area (Å²) in [5, 5.41) is 5.98. The molecule has 0 amide bonds. The molecule has 0 aliphatic rings. The minimum absolute atomic E-state index is 0.224. The molecule has 4 nitrogen and oxygen atoms in total. The second kappa shape index (κ2) is 7.05. The zero-order valence-electron chi connectivity index (χ0n) is 11.7. The number of thiazole rings is 1. The lowest BCUT2D eigenvalue weighted by Gasteiger charge is -2.07. The highest BCUT2D eigenvalue weighted by Crippen LogP contribution is 2.24. The summed E-state index contributed by atoms with van der Waals surface area (Å²) >= 11 is 1.49. The van der Waals surface area contributed by atoms with Crippen LogP contribution in [-0.2, 0) is 22.4 Å². The first-order valence-corrected chi connectivity index (χ1v) is 7.55. The number of hydrogen-bond acceptors (Lipinski definition) is 5. The van der Waals surface area contributed by atoms with E-state index in [4.69, 9.17) is 4.74 Å². The summed E-state index contributed by atoms with van der Waals surface area (Å²) in [6.45, 7) is 4.32. The fourth-order valence-corrected chi connectivity index (χ4v) is 2.59. The summed E-state index contributed by atoms with van der Waals surface area (Å²) in [7, 11) is 0. The zero-order valence-corrected chi connectivity index (χ0v) is 12.5. The van der Waals surface area contributed by atoms with Crippen LogP contribution in [0.25, 0.3) is 0 Å². The average molecular weight is 290 g/mol. The third-order valence-electron chi connectivity index (χ3n) is 2.82. The van der Waals surface area contributed by atoms with Crippen LogP contribution in [0.3, 0.4) is 0 Å². The first-order chi connectivity index (χ1) is 9.72. The van der Waals surface area contributed by atoms with Crippen molar-refractivity contribution in [1.29, 1.82) is 0 Å². The van der Waals surface area contributed by atoms with Gasteiger partial charge in [0.2, 0.25) is 0 Å². The molecule has 0 aliphatic carbocycles. The van der Waals surface area contributed by atoms with Crippen LogP contribution in [0.5, 0.6) is 0 Å². The standard InChI is InChI=1S/C15H18N2O2S/c1-3-11-7-5-6-8-13(11)17-15-16-12(10-20-15)9-14(18)19-4-2/h5-8,10H,3-4,9H2,1-2H3,(H,16,17). The maximum Gasteiger partial charge on any atom is 0.311 e. The fourth-order valence-electron chi connectivity index (χ4n) is 1.87. The van der Waals surface area contributed by atoms with Gasteiger partial charge in [-0.1, -0.05) is 25.1 Å². The molecule has 1 heterocycles. The maximum absolute atomic E-state index is 11.4. The normalized spacial score (nSPS) is 10.3. The van der Waals surface area contributed by atoms with Gasteiger partial charge in [0, 0.05) is 11.1 Å². The maximum atomic E-state index is 11.4. The monoisotopic (exact) mass is 290 g/mol. The number of anilines is 2. The Bertz CT molecular complexity index is 581. The molecule has 0 radical (unpaired) electrons. The number of nitrogens with one attached hydrogen (secondary N) is 1. The van der Waals surface area contributed by atoms with E-state index in [1.807, 2.05) is 23.6 Å². The minimum atomic E-state index is -0.238. The Morgan fingerprint density at radius 2 is 2.15 bits per heavy atom. The summed E-state index contributed by atoms with van der Waals surface area (Å²) in [4.78, 5) is 15.8. The van der Waals surface area contributed by atoms with Crippen molar-refractivity contribution < 1.29 is 9.53 Å². The van der Waals surface area contributed by atoms with E-state index < -0.39 is 0 Å². The number of hydrogen-bond donors (Lipinski definition) is 1. The van der Waals surface area contributed by atoms with Crippen LogP contribution in [0.15, 0.2) is 29.6 Å². The summed E-state index contributed by atoms with van der Waals surface area (Å²) in [5.41, 5.74) is 3.05. The van der Waals surface area contributed by atoms with Gasteiger partial charge in [0.25, 0.3) is 0 Å². The summed E-state index contributed by atoms with van der Waals surface area (Å²) in [5.74, 6) is -0.238. The molecular formula is C15H18N2O2S. The number of esters is 1. The van der Waals surface area contributed by atoms with Gasteiger partial charge < -0.3 is 10.1 Å². The molecular weight excluding hydrogens is 272 g/mol. The van der Waals surface area contributed by atoms with Crippen molar-refractivity contribution in [2.45, 2.75) is 26.7 Å². The van der Waals surface area contributed by atoms with E-state index >= 15 is 0 Å². The first-order valence-electron chi connectivity index (χ1n) is 6.67. The molecule has 0 unspecified atom stereocenters. The Morgan fingerprint density at radius 3 is 2.90 bits per heavy atom. The smallest absolute Gasteiger partial charge is 0.311 e. The number of aryl methyl sites for hydroxylation is 1. The van der Waals surface area contributed by atoms with E-state index in [1.165, 1.54) is 16.9 Å². The number of carbonyl (C=O) groups excluding carboxylic acids is 1. The molecule has 0 fully saturated rings. The second-order valence-corrected chi connectivity index (χ2v) is 5.12. The highest BCUT2D eigenvalue weighted by molar-refractivity contribution is 7.13. The van der Waals surface area contributed by atoms with Crippen LogP contribution in [0, 0.1) is 0 Å². The molecule has 0 spiro atoms. The molecule has 0 saturated carbocycles. The molecule has 1 aromatic carbocycles. The van der Waals surface area contributed by atoms with E-state index in [0.717, 1.165) is 22.9 Å². The van der Waals surface area contributed by atoms with Crippen LogP contribution < -0.4 is 5.32 Å². The minimum Gasteiger partial charge on any atom is -0.466 e. The predicted molar refractivity (Wildman–Crippen MR) is 81.6 cm³/mol. The Hall–Kier alpha value is -1.88. The first kappa shape index (κ1) is 14.5. The molecule has 1 aromatic heterocycles. The Morgan fingerprint density at radius 1 is 1.35 bits per heavy atom.